The first-order valence-corrected chi connectivity index (χ1v) is 12.6. The number of aromatic nitrogens is 3. The number of benzene rings is 2. The summed E-state index contributed by atoms with van der Waals surface area (Å²) in [6.07, 6.45) is 2.28. The zero-order chi connectivity index (χ0) is 25.7. The van der Waals surface area contributed by atoms with Crippen molar-refractivity contribution in [2.24, 2.45) is 0 Å². The number of nitrogens with two attached hydrogens (primary N) is 1. The maximum atomic E-state index is 13.4. The van der Waals surface area contributed by atoms with Gasteiger partial charge in [-0.25, -0.2) is 14.3 Å². The minimum Gasteiger partial charge on any atom is -0.494 e. The van der Waals surface area contributed by atoms with Crippen molar-refractivity contribution in [3.8, 4) is 5.75 Å². The van der Waals surface area contributed by atoms with Crippen LogP contribution >= 0.6 is 15.9 Å². The van der Waals surface area contributed by atoms with Gasteiger partial charge in [0.1, 0.15) is 17.6 Å². The molecule has 2 heterocycles. The van der Waals surface area contributed by atoms with Crippen LogP contribution in [0.4, 0.5) is 22.0 Å². The van der Waals surface area contributed by atoms with E-state index in [0.29, 0.717) is 34.6 Å². The zero-order valence-corrected chi connectivity index (χ0v) is 21.6. The van der Waals surface area contributed by atoms with E-state index in [1.165, 1.54) is 6.33 Å². The number of rotatable bonds is 9. The van der Waals surface area contributed by atoms with E-state index < -0.39 is 6.03 Å². The van der Waals surface area contributed by atoms with Crippen LogP contribution < -0.4 is 21.1 Å². The van der Waals surface area contributed by atoms with Crippen LogP contribution in [0.3, 0.4) is 0 Å². The molecule has 2 aromatic carbocycles. The third kappa shape index (κ3) is 5.65. The Bertz CT molecular complexity index is 1380. The molecule has 0 saturated heterocycles. The van der Waals surface area contributed by atoms with Crippen LogP contribution in [0.15, 0.2) is 60.9 Å². The van der Waals surface area contributed by atoms with E-state index in [1.54, 1.807) is 59.1 Å². The third-order valence-corrected chi connectivity index (χ3v) is 6.05. The highest BCUT2D eigenvalue weighted by Crippen LogP contribution is 2.27. The molecule has 0 aliphatic rings. The van der Waals surface area contributed by atoms with Crippen molar-refractivity contribution in [2.45, 2.75) is 26.2 Å². The number of anilines is 3. The number of carbonyl (C=O) groups excluding carboxylic acids is 2. The second-order valence-corrected chi connectivity index (χ2v) is 9.24. The molecule has 4 aromatic rings. The highest BCUT2D eigenvalue weighted by Gasteiger charge is 2.22. The lowest BCUT2D eigenvalue weighted by Crippen LogP contribution is -2.19. The van der Waals surface area contributed by atoms with Crippen molar-refractivity contribution in [1.29, 1.82) is 0 Å². The zero-order valence-electron chi connectivity index (χ0n) is 20.0. The molecule has 10 heteroatoms. The van der Waals surface area contributed by atoms with E-state index in [-0.39, 0.29) is 17.5 Å². The van der Waals surface area contributed by atoms with Gasteiger partial charge in [0.25, 0.3) is 0 Å². The molecule has 0 unspecified atom stereocenters. The molecule has 0 radical (unpaired) electrons. The lowest BCUT2D eigenvalue weighted by atomic mass is 10.0. The van der Waals surface area contributed by atoms with Crippen LogP contribution in [0.25, 0.3) is 5.52 Å². The summed E-state index contributed by atoms with van der Waals surface area (Å²) in [7, 11) is 0. The number of nitrogens with one attached hydrogen (secondary N) is 2. The fourth-order valence-electron chi connectivity index (χ4n) is 3.74. The van der Waals surface area contributed by atoms with Gasteiger partial charge >= 0.3 is 6.03 Å². The number of hydrogen-bond acceptors (Lipinski definition) is 6. The minimum absolute atomic E-state index is 0.125. The SMILES string of the molecule is CC(C)c1cc(C(=O)c2cccc(NC(=O)Nc3ccc(OCCCBr)cc3)c2)c2c(N)ncnn12. The van der Waals surface area contributed by atoms with Crippen molar-refractivity contribution in [1.82, 2.24) is 14.6 Å². The molecule has 36 heavy (non-hydrogen) atoms. The average Bonchev–Trinajstić information content (AvgIpc) is 3.26. The first-order chi connectivity index (χ1) is 17.4. The molecule has 0 aliphatic heterocycles. The van der Waals surface area contributed by atoms with Crippen molar-refractivity contribution >= 4 is 50.5 Å². The van der Waals surface area contributed by atoms with E-state index in [4.69, 9.17) is 10.5 Å². The monoisotopic (exact) mass is 550 g/mol. The van der Waals surface area contributed by atoms with Crippen LogP contribution in [0, 0.1) is 0 Å². The Morgan fingerprint density at radius 1 is 1.08 bits per heavy atom. The Hall–Kier alpha value is -3.92. The normalized spacial score (nSPS) is 11.0. The van der Waals surface area contributed by atoms with Gasteiger partial charge in [0, 0.05) is 28.0 Å². The fourth-order valence-corrected chi connectivity index (χ4v) is 3.97. The van der Waals surface area contributed by atoms with Crippen LogP contribution in [-0.2, 0) is 0 Å². The molecule has 0 aliphatic carbocycles. The highest BCUT2D eigenvalue weighted by molar-refractivity contribution is 9.09. The number of hydrogen-bond donors (Lipinski definition) is 3. The van der Waals surface area contributed by atoms with Gasteiger partial charge in [0.15, 0.2) is 11.6 Å². The van der Waals surface area contributed by atoms with Gasteiger partial charge in [-0.3, -0.25) is 4.79 Å². The predicted octanol–water partition coefficient (Wildman–Crippen LogP) is 5.47. The van der Waals surface area contributed by atoms with E-state index in [1.807, 2.05) is 13.8 Å². The lowest BCUT2D eigenvalue weighted by molar-refractivity contribution is 0.104. The molecule has 9 nitrogen and oxygen atoms in total. The van der Waals surface area contributed by atoms with Gasteiger partial charge in [-0.05, 0) is 54.8 Å². The summed E-state index contributed by atoms with van der Waals surface area (Å²) >= 11 is 3.37. The number of ketones is 1. The smallest absolute Gasteiger partial charge is 0.323 e. The van der Waals surface area contributed by atoms with Gasteiger partial charge in [-0.1, -0.05) is 41.9 Å². The minimum atomic E-state index is -0.429. The number of ether oxygens (including phenoxy) is 1. The summed E-state index contributed by atoms with van der Waals surface area (Å²) in [4.78, 5) is 30.0. The Kier molecular flexibility index (Phi) is 7.84. The van der Waals surface area contributed by atoms with Crippen molar-refractivity contribution in [2.75, 3.05) is 28.3 Å². The molecule has 0 spiro atoms. The van der Waals surface area contributed by atoms with Gasteiger partial charge < -0.3 is 21.1 Å². The molecule has 186 valence electrons. The van der Waals surface area contributed by atoms with Crippen molar-refractivity contribution < 1.29 is 14.3 Å². The molecular formula is C26H27BrN6O3. The van der Waals surface area contributed by atoms with Crippen molar-refractivity contribution in [3.63, 3.8) is 0 Å². The van der Waals surface area contributed by atoms with Crippen LogP contribution in [-0.4, -0.2) is 38.3 Å². The second kappa shape index (κ2) is 11.2. The standard InChI is InChI=1S/C26H27BrN6O3/c1-16(2)22-14-21(23-25(28)29-15-30-33(22)23)24(34)17-5-3-6-19(13-17)32-26(35)31-18-7-9-20(10-8-18)36-12-4-11-27/h3,5-10,13-16H,4,11-12H2,1-2H3,(H2,28,29,30)(H2,31,32,35). The number of amides is 2. The second-order valence-electron chi connectivity index (χ2n) is 8.45. The summed E-state index contributed by atoms with van der Waals surface area (Å²) in [5, 5.41) is 10.7. The van der Waals surface area contributed by atoms with Gasteiger partial charge in [0.05, 0.1) is 12.2 Å². The van der Waals surface area contributed by atoms with Crippen LogP contribution in [0.1, 0.15) is 47.8 Å². The van der Waals surface area contributed by atoms with Gasteiger partial charge in [0.2, 0.25) is 0 Å². The molecule has 0 saturated carbocycles. The van der Waals surface area contributed by atoms with E-state index >= 15 is 0 Å². The average molecular weight is 551 g/mol. The maximum absolute atomic E-state index is 13.4. The van der Waals surface area contributed by atoms with E-state index in [2.05, 4.69) is 36.6 Å². The predicted molar refractivity (Wildman–Crippen MR) is 144 cm³/mol. The molecule has 2 amide bonds. The molecule has 4 rings (SSSR count). The lowest BCUT2D eigenvalue weighted by Gasteiger charge is -2.10. The Morgan fingerprint density at radius 2 is 1.83 bits per heavy atom. The number of fused-ring (bicyclic) bond motifs is 1. The number of carbonyl (C=O) groups is 2. The summed E-state index contributed by atoms with van der Waals surface area (Å²) < 4.78 is 7.28. The highest BCUT2D eigenvalue weighted by atomic mass is 79.9. The van der Waals surface area contributed by atoms with Crippen LogP contribution in [0.2, 0.25) is 0 Å². The largest absolute Gasteiger partial charge is 0.494 e. The Labute approximate surface area is 217 Å². The van der Waals surface area contributed by atoms with E-state index in [0.717, 1.165) is 23.2 Å². The number of nitrogen functional groups attached to an aromatic ring is 1. The molecular weight excluding hydrogens is 524 g/mol. The number of nitrogens with zero attached hydrogens (tertiary/aromatic N) is 3. The summed E-state index contributed by atoms with van der Waals surface area (Å²) in [5.74, 6) is 0.854. The fraction of sp³-hybridized carbons (Fsp3) is 0.231. The summed E-state index contributed by atoms with van der Waals surface area (Å²) in [6.45, 7) is 4.65. The van der Waals surface area contributed by atoms with Crippen molar-refractivity contribution in [3.05, 3.63) is 77.7 Å². The Morgan fingerprint density at radius 3 is 2.56 bits per heavy atom. The number of alkyl halides is 1. The van der Waals surface area contributed by atoms with Gasteiger partial charge in [-0.2, -0.15) is 5.10 Å². The third-order valence-electron chi connectivity index (χ3n) is 5.49. The summed E-state index contributed by atoms with van der Waals surface area (Å²) in [5.41, 5.74) is 9.34. The van der Waals surface area contributed by atoms with Crippen LogP contribution in [0.5, 0.6) is 5.75 Å². The summed E-state index contributed by atoms with van der Waals surface area (Å²) in [6, 6.07) is 15.2. The topological polar surface area (TPSA) is 124 Å². The molecule has 0 fully saturated rings. The molecule has 0 atom stereocenters. The van der Waals surface area contributed by atoms with E-state index in [9.17, 15) is 9.59 Å². The first-order valence-electron chi connectivity index (χ1n) is 11.5. The number of urea groups is 1. The maximum Gasteiger partial charge on any atom is 0.323 e. The first kappa shape index (κ1) is 25.2. The van der Waals surface area contributed by atoms with Gasteiger partial charge in [-0.15, -0.1) is 0 Å². The molecule has 2 aromatic heterocycles. The number of halogens is 1. The Balaban J connectivity index is 1.48. The molecule has 4 N–H and O–H groups in total. The quantitative estimate of drug-likeness (QED) is 0.144. The molecule has 0 bridgehead atoms.